The zero-order chi connectivity index (χ0) is 28.6. The second-order valence-electron chi connectivity index (χ2n) is 10.4. The number of halogens is 1. The van der Waals surface area contributed by atoms with E-state index in [1.54, 1.807) is 17.0 Å². The van der Waals surface area contributed by atoms with E-state index < -0.39 is 6.29 Å². The maximum absolute atomic E-state index is 13.4. The fraction of sp³-hybridized carbons (Fsp3) is 0.500. The van der Waals surface area contributed by atoms with Crippen LogP contribution in [0.3, 0.4) is 0 Å². The predicted molar refractivity (Wildman–Crippen MR) is 160 cm³/mol. The SMILES string of the molecule is CCCCN(C(=O)c1ccccc1Cl)c1nnc(-c2cc(C)c(OCCCN3CCC(C(O)O)CC3)c(C)c2)s1. The summed E-state index contributed by atoms with van der Waals surface area (Å²) in [6.07, 6.45) is 3.12. The van der Waals surface area contributed by atoms with E-state index in [0.29, 0.717) is 28.9 Å². The smallest absolute Gasteiger partial charge is 0.261 e. The summed E-state index contributed by atoms with van der Waals surface area (Å²) in [5, 5.41) is 29.3. The van der Waals surface area contributed by atoms with E-state index in [2.05, 4.69) is 34.2 Å². The van der Waals surface area contributed by atoms with Crippen LogP contribution in [0.25, 0.3) is 10.6 Å². The number of ether oxygens (including phenoxy) is 1. The molecule has 2 aromatic carbocycles. The Hall–Kier alpha value is -2.56. The Morgan fingerprint density at radius 2 is 1.85 bits per heavy atom. The lowest BCUT2D eigenvalue weighted by Crippen LogP contribution is -2.38. The molecule has 2 heterocycles. The summed E-state index contributed by atoms with van der Waals surface area (Å²) >= 11 is 7.72. The molecule has 0 saturated carbocycles. The maximum Gasteiger partial charge on any atom is 0.261 e. The Morgan fingerprint density at radius 3 is 2.50 bits per heavy atom. The number of piperidine rings is 1. The maximum atomic E-state index is 13.4. The van der Waals surface area contributed by atoms with Crippen LogP contribution in [0.4, 0.5) is 5.13 Å². The van der Waals surface area contributed by atoms with E-state index >= 15 is 0 Å². The molecule has 3 aromatic rings. The van der Waals surface area contributed by atoms with Gasteiger partial charge in [0.2, 0.25) is 5.13 Å². The summed E-state index contributed by atoms with van der Waals surface area (Å²) in [6.45, 7) is 10.0. The molecule has 2 N–H and O–H groups in total. The molecule has 4 rings (SSSR count). The van der Waals surface area contributed by atoms with Gasteiger partial charge in [0, 0.05) is 24.6 Å². The van der Waals surface area contributed by atoms with Gasteiger partial charge in [-0.25, -0.2) is 0 Å². The molecule has 0 radical (unpaired) electrons. The Balaban J connectivity index is 1.40. The number of likely N-dealkylation sites (tertiary alicyclic amines) is 1. The average molecular weight is 587 g/mol. The number of amides is 1. The van der Waals surface area contributed by atoms with Gasteiger partial charge in [-0.05, 0) is 88.0 Å². The van der Waals surface area contributed by atoms with Gasteiger partial charge in [0.25, 0.3) is 5.91 Å². The van der Waals surface area contributed by atoms with Crippen molar-refractivity contribution >= 4 is 34.0 Å². The Bertz CT molecular complexity index is 1250. The van der Waals surface area contributed by atoms with Gasteiger partial charge in [-0.15, -0.1) is 10.2 Å². The fourth-order valence-corrected chi connectivity index (χ4v) is 6.13. The van der Waals surface area contributed by atoms with Crippen molar-refractivity contribution in [3.8, 4) is 16.3 Å². The van der Waals surface area contributed by atoms with Crippen LogP contribution in [0.5, 0.6) is 5.75 Å². The number of anilines is 1. The largest absolute Gasteiger partial charge is 0.493 e. The van der Waals surface area contributed by atoms with Crippen molar-refractivity contribution in [2.75, 3.05) is 37.7 Å². The summed E-state index contributed by atoms with van der Waals surface area (Å²) in [5.74, 6) is 0.699. The van der Waals surface area contributed by atoms with E-state index in [1.807, 2.05) is 26.0 Å². The first-order valence-corrected chi connectivity index (χ1v) is 15.2. The number of aliphatic hydroxyl groups excluding tert-OH is 1. The molecule has 1 aliphatic heterocycles. The summed E-state index contributed by atoms with van der Waals surface area (Å²) in [5.41, 5.74) is 3.46. The van der Waals surface area contributed by atoms with Gasteiger partial charge in [0.1, 0.15) is 10.8 Å². The van der Waals surface area contributed by atoms with Gasteiger partial charge in [0.05, 0.1) is 17.2 Å². The van der Waals surface area contributed by atoms with Crippen LogP contribution in [-0.2, 0) is 0 Å². The molecule has 0 aliphatic carbocycles. The van der Waals surface area contributed by atoms with E-state index in [0.717, 1.165) is 79.2 Å². The van der Waals surface area contributed by atoms with E-state index in [4.69, 9.17) is 16.3 Å². The standard InChI is InChI=1S/C30H39ClN4O4S/c1-4-5-14-35(28(36)24-9-6-7-10-25(24)31)30-33-32-27(40-30)23-18-20(2)26(21(3)19-23)39-17-8-13-34-15-11-22(12-16-34)29(37)38/h6-7,9-10,18-19,22,29,37-38H,4-5,8,11-17H2,1-3H3. The molecule has 0 spiro atoms. The highest BCUT2D eigenvalue weighted by Gasteiger charge is 2.25. The molecule has 1 aromatic heterocycles. The number of nitrogens with zero attached hydrogens (tertiary/aromatic N) is 4. The van der Waals surface area contributed by atoms with E-state index in [1.165, 1.54) is 11.3 Å². The van der Waals surface area contributed by atoms with Crippen molar-refractivity contribution in [3.05, 3.63) is 58.1 Å². The van der Waals surface area contributed by atoms with Crippen molar-refractivity contribution in [1.82, 2.24) is 15.1 Å². The minimum Gasteiger partial charge on any atom is -0.493 e. The molecule has 8 nitrogen and oxygen atoms in total. The second-order valence-corrected chi connectivity index (χ2v) is 11.8. The first-order chi connectivity index (χ1) is 19.3. The average Bonchev–Trinajstić information content (AvgIpc) is 3.43. The normalized spacial score (nSPS) is 14.6. The molecule has 216 valence electrons. The summed E-state index contributed by atoms with van der Waals surface area (Å²) in [7, 11) is 0. The number of unbranched alkanes of at least 4 members (excludes halogenated alkanes) is 1. The lowest BCUT2D eigenvalue weighted by Gasteiger charge is -2.32. The summed E-state index contributed by atoms with van der Waals surface area (Å²) < 4.78 is 6.18. The van der Waals surface area contributed by atoms with Gasteiger partial charge < -0.3 is 19.8 Å². The highest BCUT2D eigenvalue weighted by Crippen LogP contribution is 2.35. The number of aryl methyl sites for hydroxylation is 2. The number of carbonyl (C=O) groups is 1. The van der Waals surface area contributed by atoms with Gasteiger partial charge in [-0.2, -0.15) is 0 Å². The highest BCUT2D eigenvalue weighted by atomic mass is 35.5. The highest BCUT2D eigenvalue weighted by molar-refractivity contribution is 7.18. The molecular weight excluding hydrogens is 548 g/mol. The number of benzene rings is 2. The van der Waals surface area contributed by atoms with Crippen LogP contribution >= 0.6 is 22.9 Å². The number of hydrogen-bond donors (Lipinski definition) is 2. The van der Waals surface area contributed by atoms with Crippen molar-refractivity contribution in [2.24, 2.45) is 5.92 Å². The molecule has 10 heteroatoms. The third-order valence-electron chi connectivity index (χ3n) is 7.36. The number of carbonyl (C=O) groups excluding carboxylic acids is 1. The monoisotopic (exact) mass is 586 g/mol. The zero-order valence-electron chi connectivity index (χ0n) is 23.5. The van der Waals surface area contributed by atoms with Crippen LogP contribution in [-0.4, -0.2) is 70.3 Å². The number of aromatic nitrogens is 2. The molecule has 1 aliphatic rings. The van der Waals surface area contributed by atoms with E-state index in [-0.39, 0.29) is 11.8 Å². The summed E-state index contributed by atoms with van der Waals surface area (Å²) in [4.78, 5) is 17.4. The third-order valence-corrected chi connectivity index (χ3v) is 8.68. The lowest BCUT2D eigenvalue weighted by molar-refractivity contribution is -0.0982. The van der Waals surface area contributed by atoms with Crippen LogP contribution in [0.15, 0.2) is 36.4 Å². The van der Waals surface area contributed by atoms with Gasteiger partial charge in [0.15, 0.2) is 6.29 Å². The first-order valence-electron chi connectivity index (χ1n) is 14.0. The first kappa shape index (κ1) is 30.4. The molecule has 0 atom stereocenters. The predicted octanol–water partition coefficient (Wildman–Crippen LogP) is 5.71. The van der Waals surface area contributed by atoms with Crippen molar-refractivity contribution in [3.63, 3.8) is 0 Å². The van der Waals surface area contributed by atoms with Gasteiger partial charge in [-0.3, -0.25) is 9.69 Å². The number of aliphatic hydroxyl groups is 2. The van der Waals surface area contributed by atoms with Gasteiger partial charge >= 0.3 is 0 Å². The molecule has 1 saturated heterocycles. The molecule has 1 amide bonds. The van der Waals surface area contributed by atoms with Gasteiger partial charge in [-0.1, -0.05) is 48.4 Å². The number of hydrogen-bond acceptors (Lipinski definition) is 8. The Morgan fingerprint density at radius 1 is 1.15 bits per heavy atom. The fourth-order valence-electron chi connectivity index (χ4n) is 5.06. The minimum absolute atomic E-state index is 0.0114. The van der Waals surface area contributed by atoms with Crippen LogP contribution in [0.1, 0.15) is 60.5 Å². The Labute approximate surface area is 245 Å². The molecule has 0 unspecified atom stereocenters. The molecule has 1 fully saturated rings. The second kappa shape index (κ2) is 14.4. The number of rotatable bonds is 12. The minimum atomic E-state index is -1.21. The molecule has 40 heavy (non-hydrogen) atoms. The van der Waals surface area contributed by atoms with Crippen molar-refractivity contribution in [2.45, 2.75) is 59.2 Å². The van der Waals surface area contributed by atoms with Crippen molar-refractivity contribution in [1.29, 1.82) is 0 Å². The van der Waals surface area contributed by atoms with Crippen LogP contribution in [0.2, 0.25) is 5.02 Å². The van der Waals surface area contributed by atoms with E-state index in [9.17, 15) is 15.0 Å². The Kier molecular flexibility index (Phi) is 10.9. The third kappa shape index (κ3) is 7.59. The summed E-state index contributed by atoms with van der Waals surface area (Å²) in [6, 6.07) is 11.2. The molecular formula is C30H39ClN4O4S. The zero-order valence-corrected chi connectivity index (χ0v) is 25.0. The van der Waals surface area contributed by atoms with Crippen molar-refractivity contribution < 1.29 is 19.7 Å². The van der Waals surface area contributed by atoms with Crippen LogP contribution in [0, 0.1) is 19.8 Å². The van der Waals surface area contributed by atoms with Crippen LogP contribution < -0.4 is 9.64 Å². The quantitative estimate of drug-likeness (QED) is 0.207. The topological polar surface area (TPSA) is 99.0 Å². The lowest BCUT2D eigenvalue weighted by atomic mass is 9.96. The molecule has 0 bridgehead atoms.